The van der Waals surface area contributed by atoms with Crippen LogP contribution >= 0.6 is 0 Å². The van der Waals surface area contributed by atoms with E-state index in [-0.39, 0.29) is 5.97 Å². The Morgan fingerprint density at radius 3 is 2.65 bits per heavy atom. The molecular weight excluding hydrogens is 218 g/mol. The van der Waals surface area contributed by atoms with Crippen LogP contribution in [-0.2, 0) is 9.53 Å². The molecule has 1 fully saturated rings. The Hall–Kier alpha value is -0.650. The van der Waals surface area contributed by atoms with Gasteiger partial charge < -0.3 is 15.4 Å². The molecule has 17 heavy (non-hydrogen) atoms. The number of likely N-dealkylation sites (N-methyl/N-ethyl adjacent to an activating group) is 1. The van der Waals surface area contributed by atoms with Gasteiger partial charge in [-0.25, -0.2) is 0 Å². The molecule has 1 aliphatic heterocycles. The van der Waals surface area contributed by atoms with Gasteiger partial charge in [0.1, 0.15) is 0 Å². The minimum absolute atomic E-state index is 0.160. The number of methoxy groups -OCH3 is 1. The van der Waals surface area contributed by atoms with Gasteiger partial charge in [0, 0.05) is 38.8 Å². The molecule has 100 valence electrons. The molecule has 1 rings (SSSR count). The van der Waals surface area contributed by atoms with E-state index in [4.69, 9.17) is 10.5 Å². The van der Waals surface area contributed by atoms with Crippen LogP contribution in [0.5, 0.6) is 0 Å². The lowest BCUT2D eigenvalue weighted by Gasteiger charge is -2.42. The summed E-state index contributed by atoms with van der Waals surface area (Å²) in [7, 11) is 3.54. The molecule has 1 saturated heterocycles. The second kappa shape index (κ2) is 5.80. The molecule has 0 spiro atoms. The summed E-state index contributed by atoms with van der Waals surface area (Å²) in [6.45, 7) is 8.12. The van der Waals surface area contributed by atoms with Gasteiger partial charge in [0.15, 0.2) is 0 Å². The van der Waals surface area contributed by atoms with Crippen molar-refractivity contribution in [3.63, 3.8) is 0 Å². The maximum Gasteiger partial charge on any atom is 0.312 e. The van der Waals surface area contributed by atoms with Crippen LogP contribution in [0.25, 0.3) is 0 Å². The number of carbonyl (C=O) groups is 1. The first-order valence-electron chi connectivity index (χ1n) is 6.12. The Balaban J connectivity index is 2.63. The molecule has 1 aliphatic rings. The van der Waals surface area contributed by atoms with Gasteiger partial charge in [-0.15, -0.1) is 0 Å². The second-order valence-corrected chi connectivity index (χ2v) is 5.50. The van der Waals surface area contributed by atoms with Gasteiger partial charge in [-0.2, -0.15) is 0 Å². The standard InChI is InChI=1S/C12H25N3O2/c1-12(2,11(16)17-4)9-15-6-5-14(3)8-10(15)7-13/h10H,5-9,13H2,1-4H3. The SMILES string of the molecule is COC(=O)C(C)(C)CN1CCN(C)CC1CN. The highest BCUT2D eigenvalue weighted by Gasteiger charge is 2.34. The fraction of sp³-hybridized carbons (Fsp3) is 0.917. The summed E-state index contributed by atoms with van der Waals surface area (Å²) < 4.78 is 4.84. The van der Waals surface area contributed by atoms with Gasteiger partial charge in [0.2, 0.25) is 0 Å². The number of ether oxygens (including phenoxy) is 1. The Morgan fingerprint density at radius 2 is 2.12 bits per heavy atom. The largest absolute Gasteiger partial charge is 0.469 e. The van der Waals surface area contributed by atoms with Crippen LogP contribution in [0.4, 0.5) is 0 Å². The van der Waals surface area contributed by atoms with E-state index in [9.17, 15) is 4.79 Å². The lowest BCUT2D eigenvalue weighted by atomic mass is 9.91. The number of nitrogens with two attached hydrogens (primary N) is 1. The van der Waals surface area contributed by atoms with E-state index in [0.717, 1.165) is 19.6 Å². The van der Waals surface area contributed by atoms with E-state index < -0.39 is 5.41 Å². The third-order valence-electron chi connectivity index (χ3n) is 3.42. The average molecular weight is 243 g/mol. The molecule has 0 saturated carbocycles. The summed E-state index contributed by atoms with van der Waals surface area (Å²) in [4.78, 5) is 16.3. The van der Waals surface area contributed by atoms with E-state index in [1.165, 1.54) is 7.11 Å². The van der Waals surface area contributed by atoms with E-state index in [0.29, 0.717) is 19.1 Å². The topological polar surface area (TPSA) is 58.8 Å². The molecule has 2 N–H and O–H groups in total. The van der Waals surface area contributed by atoms with Crippen molar-refractivity contribution in [1.29, 1.82) is 0 Å². The van der Waals surface area contributed by atoms with Crippen molar-refractivity contribution >= 4 is 5.97 Å². The highest BCUT2D eigenvalue weighted by molar-refractivity contribution is 5.76. The summed E-state index contributed by atoms with van der Waals surface area (Å²) in [5.74, 6) is -0.160. The van der Waals surface area contributed by atoms with E-state index >= 15 is 0 Å². The number of hydrogen-bond donors (Lipinski definition) is 1. The number of carbonyl (C=O) groups excluding carboxylic acids is 1. The Bertz CT molecular complexity index is 268. The molecule has 1 heterocycles. The quantitative estimate of drug-likeness (QED) is 0.691. The molecule has 0 aliphatic carbocycles. The van der Waals surface area contributed by atoms with Crippen molar-refractivity contribution in [2.45, 2.75) is 19.9 Å². The maximum atomic E-state index is 11.7. The molecule has 0 radical (unpaired) electrons. The third kappa shape index (κ3) is 3.66. The van der Waals surface area contributed by atoms with Crippen LogP contribution in [0.2, 0.25) is 0 Å². The first kappa shape index (κ1) is 14.4. The van der Waals surface area contributed by atoms with Gasteiger partial charge >= 0.3 is 5.97 Å². The average Bonchev–Trinajstić information content (AvgIpc) is 2.30. The first-order valence-corrected chi connectivity index (χ1v) is 6.12. The zero-order valence-corrected chi connectivity index (χ0v) is 11.4. The molecule has 1 unspecified atom stereocenters. The van der Waals surface area contributed by atoms with Crippen LogP contribution in [-0.4, -0.2) is 68.7 Å². The smallest absolute Gasteiger partial charge is 0.312 e. The molecule has 0 bridgehead atoms. The minimum atomic E-state index is -0.474. The van der Waals surface area contributed by atoms with Crippen molar-refractivity contribution < 1.29 is 9.53 Å². The van der Waals surface area contributed by atoms with Crippen molar-refractivity contribution in [3.8, 4) is 0 Å². The van der Waals surface area contributed by atoms with Gasteiger partial charge in [-0.3, -0.25) is 9.69 Å². The molecule has 5 heteroatoms. The number of rotatable bonds is 4. The molecule has 5 nitrogen and oxygen atoms in total. The lowest BCUT2D eigenvalue weighted by molar-refractivity contribution is -0.152. The van der Waals surface area contributed by atoms with E-state index in [1.807, 2.05) is 13.8 Å². The Labute approximate surface area is 104 Å². The molecular formula is C12H25N3O2. The molecule has 1 atom stereocenters. The summed E-state index contributed by atoms with van der Waals surface area (Å²) in [5, 5.41) is 0. The number of nitrogens with zero attached hydrogens (tertiary/aromatic N) is 2. The van der Waals surface area contributed by atoms with Crippen molar-refractivity contribution in [2.24, 2.45) is 11.1 Å². The highest BCUT2D eigenvalue weighted by Crippen LogP contribution is 2.21. The van der Waals surface area contributed by atoms with E-state index in [2.05, 4.69) is 16.8 Å². The number of hydrogen-bond acceptors (Lipinski definition) is 5. The summed E-state index contributed by atoms with van der Waals surface area (Å²) in [6, 6.07) is 0.331. The minimum Gasteiger partial charge on any atom is -0.469 e. The molecule has 0 aromatic heterocycles. The maximum absolute atomic E-state index is 11.7. The van der Waals surface area contributed by atoms with Gasteiger partial charge in [-0.1, -0.05) is 0 Å². The second-order valence-electron chi connectivity index (χ2n) is 5.50. The normalized spacial score (nSPS) is 23.7. The van der Waals surface area contributed by atoms with Crippen LogP contribution in [0.15, 0.2) is 0 Å². The fourth-order valence-electron chi connectivity index (χ4n) is 2.33. The summed E-state index contributed by atoms with van der Waals surface area (Å²) >= 11 is 0. The monoisotopic (exact) mass is 243 g/mol. The van der Waals surface area contributed by atoms with Crippen molar-refractivity contribution in [2.75, 3.05) is 46.9 Å². The van der Waals surface area contributed by atoms with Crippen LogP contribution in [0.3, 0.4) is 0 Å². The first-order chi connectivity index (χ1) is 7.90. The summed E-state index contributed by atoms with van der Waals surface area (Å²) in [5.41, 5.74) is 5.32. The van der Waals surface area contributed by atoms with Crippen molar-refractivity contribution in [3.05, 3.63) is 0 Å². The number of piperazine rings is 1. The van der Waals surface area contributed by atoms with E-state index in [1.54, 1.807) is 0 Å². The fourth-order valence-corrected chi connectivity index (χ4v) is 2.33. The van der Waals surface area contributed by atoms with Gasteiger partial charge in [0.25, 0.3) is 0 Å². The Morgan fingerprint density at radius 1 is 1.47 bits per heavy atom. The predicted octanol–water partition coefficient (Wildman–Crippen LogP) is -0.240. The Kier molecular flexibility index (Phi) is 4.91. The lowest BCUT2D eigenvalue weighted by Crippen LogP contribution is -2.57. The van der Waals surface area contributed by atoms with Crippen LogP contribution in [0.1, 0.15) is 13.8 Å². The summed E-state index contributed by atoms with van der Waals surface area (Å²) in [6.07, 6.45) is 0. The van der Waals surface area contributed by atoms with Crippen LogP contribution < -0.4 is 5.73 Å². The number of esters is 1. The highest BCUT2D eigenvalue weighted by atomic mass is 16.5. The molecule has 0 amide bonds. The van der Waals surface area contributed by atoms with Crippen LogP contribution in [0, 0.1) is 5.41 Å². The third-order valence-corrected chi connectivity index (χ3v) is 3.42. The van der Waals surface area contributed by atoms with Gasteiger partial charge in [0.05, 0.1) is 12.5 Å². The molecule has 0 aromatic rings. The van der Waals surface area contributed by atoms with Crippen molar-refractivity contribution in [1.82, 2.24) is 9.80 Å². The van der Waals surface area contributed by atoms with Gasteiger partial charge in [-0.05, 0) is 20.9 Å². The molecule has 0 aromatic carbocycles. The predicted molar refractivity (Wildman–Crippen MR) is 67.7 cm³/mol. The zero-order valence-electron chi connectivity index (χ0n) is 11.4. The zero-order chi connectivity index (χ0) is 13.1.